The number of amides is 1. The van der Waals surface area contributed by atoms with Crippen molar-refractivity contribution in [3.8, 4) is 10.6 Å². The summed E-state index contributed by atoms with van der Waals surface area (Å²) in [7, 11) is 1.72. The first-order valence-electron chi connectivity index (χ1n) is 7.66. The molecule has 3 aromatic rings. The molecule has 0 bridgehead atoms. The summed E-state index contributed by atoms with van der Waals surface area (Å²) < 4.78 is 5.14. The molecule has 7 heteroatoms. The molecule has 2 heterocycles. The Morgan fingerprint density at radius 1 is 1.33 bits per heavy atom. The number of thiazole rings is 1. The first kappa shape index (κ1) is 16.3. The zero-order valence-corrected chi connectivity index (χ0v) is 14.6. The number of aryl methyl sites for hydroxylation is 2. The lowest BCUT2D eigenvalue weighted by atomic mass is 10.1. The minimum absolute atomic E-state index is 0.0959. The number of carbonyl (C=O) groups is 1. The van der Waals surface area contributed by atoms with Gasteiger partial charge in [-0.05, 0) is 19.1 Å². The number of hydrogen-bond acceptors (Lipinski definition) is 6. The summed E-state index contributed by atoms with van der Waals surface area (Å²) in [6.45, 7) is 4.19. The van der Waals surface area contributed by atoms with E-state index in [0.29, 0.717) is 23.7 Å². The fourth-order valence-corrected chi connectivity index (χ4v) is 3.06. The predicted octanol–water partition coefficient (Wildman–Crippen LogP) is 3.34. The molecule has 0 aliphatic rings. The summed E-state index contributed by atoms with van der Waals surface area (Å²) in [5.41, 5.74) is 2.53. The van der Waals surface area contributed by atoms with Crippen LogP contribution in [0.15, 0.2) is 34.2 Å². The largest absolute Gasteiger partial charge is 0.337 e. The molecule has 0 saturated heterocycles. The summed E-state index contributed by atoms with van der Waals surface area (Å²) in [6.07, 6.45) is 0.705. The van der Waals surface area contributed by atoms with E-state index >= 15 is 0 Å². The Morgan fingerprint density at radius 3 is 2.83 bits per heavy atom. The summed E-state index contributed by atoms with van der Waals surface area (Å²) >= 11 is 1.57. The number of rotatable bonds is 5. The van der Waals surface area contributed by atoms with E-state index in [1.807, 2.05) is 37.4 Å². The van der Waals surface area contributed by atoms with Gasteiger partial charge in [-0.2, -0.15) is 4.98 Å². The van der Waals surface area contributed by atoms with Crippen molar-refractivity contribution in [2.75, 3.05) is 7.05 Å². The van der Waals surface area contributed by atoms with Crippen LogP contribution in [0.25, 0.3) is 10.6 Å². The van der Waals surface area contributed by atoms with Crippen molar-refractivity contribution < 1.29 is 9.32 Å². The summed E-state index contributed by atoms with van der Waals surface area (Å²) in [6, 6.07) is 7.49. The normalized spacial score (nSPS) is 10.8. The monoisotopic (exact) mass is 342 g/mol. The maximum Gasteiger partial charge on any atom is 0.254 e. The maximum atomic E-state index is 12.6. The second-order valence-corrected chi connectivity index (χ2v) is 6.35. The molecule has 6 nitrogen and oxygen atoms in total. The Bertz CT molecular complexity index is 856. The van der Waals surface area contributed by atoms with Crippen LogP contribution in [0.4, 0.5) is 0 Å². The lowest BCUT2D eigenvalue weighted by Crippen LogP contribution is -2.26. The second kappa shape index (κ2) is 6.92. The molecule has 0 radical (unpaired) electrons. The molecule has 124 valence electrons. The number of hydrogen-bond donors (Lipinski definition) is 0. The van der Waals surface area contributed by atoms with Gasteiger partial charge in [0.05, 0.1) is 6.54 Å². The number of benzene rings is 1. The molecule has 2 aromatic heterocycles. The summed E-state index contributed by atoms with van der Waals surface area (Å²) in [5, 5.41) is 6.75. The van der Waals surface area contributed by atoms with Gasteiger partial charge in [0.1, 0.15) is 5.01 Å². The average Bonchev–Trinajstić information content (AvgIpc) is 3.23. The van der Waals surface area contributed by atoms with Crippen molar-refractivity contribution in [3.63, 3.8) is 0 Å². The number of aromatic nitrogens is 3. The SMILES string of the molecule is CCc1noc(CN(C)C(=O)c2cccc(-c3nc(C)cs3)c2)n1. The highest BCUT2D eigenvalue weighted by Gasteiger charge is 2.16. The summed E-state index contributed by atoms with van der Waals surface area (Å²) in [5.74, 6) is 0.989. The van der Waals surface area contributed by atoms with Crippen LogP contribution in [-0.2, 0) is 13.0 Å². The van der Waals surface area contributed by atoms with Crippen molar-refractivity contribution in [1.82, 2.24) is 20.0 Å². The third kappa shape index (κ3) is 3.51. The van der Waals surface area contributed by atoms with E-state index < -0.39 is 0 Å². The van der Waals surface area contributed by atoms with Crippen LogP contribution in [0.3, 0.4) is 0 Å². The van der Waals surface area contributed by atoms with Gasteiger partial charge in [0.25, 0.3) is 5.91 Å². The standard InChI is InChI=1S/C17H18N4O2S/c1-4-14-19-15(23-20-14)9-21(3)17(22)13-7-5-6-12(8-13)16-18-11(2)10-24-16/h5-8,10H,4,9H2,1-3H3. The van der Waals surface area contributed by atoms with Crippen LogP contribution in [0.5, 0.6) is 0 Å². The molecule has 1 amide bonds. The van der Waals surface area contributed by atoms with Gasteiger partial charge in [-0.15, -0.1) is 11.3 Å². The molecule has 0 aliphatic carbocycles. The number of nitrogens with zero attached hydrogens (tertiary/aromatic N) is 4. The molecule has 0 fully saturated rings. The first-order valence-corrected chi connectivity index (χ1v) is 8.54. The van der Waals surface area contributed by atoms with Crippen molar-refractivity contribution >= 4 is 17.2 Å². The highest BCUT2D eigenvalue weighted by Crippen LogP contribution is 2.24. The molecule has 24 heavy (non-hydrogen) atoms. The van der Waals surface area contributed by atoms with Crippen molar-refractivity contribution in [2.24, 2.45) is 0 Å². The minimum atomic E-state index is -0.0959. The first-order chi connectivity index (χ1) is 11.6. The van der Waals surface area contributed by atoms with Crippen LogP contribution < -0.4 is 0 Å². The van der Waals surface area contributed by atoms with E-state index in [1.54, 1.807) is 29.4 Å². The van der Waals surface area contributed by atoms with Crippen molar-refractivity contribution in [3.05, 3.63) is 52.6 Å². The molecule has 0 N–H and O–H groups in total. The third-order valence-electron chi connectivity index (χ3n) is 3.52. The zero-order chi connectivity index (χ0) is 17.1. The van der Waals surface area contributed by atoms with E-state index in [1.165, 1.54) is 0 Å². The average molecular weight is 342 g/mol. The molecule has 0 spiro atoms. The van der Waals surface area contributed by atoms with Gasteiger partial charge >= 0.3 is 0 Å². The molecular formula is C17H18N4O2S. The van der Waals surface area contributed by atoms with E-state index in [2.05, 4.69) is 15.1 Å². The van der Waals surface area contributed by atoms with Gasteiger partial charge < -0.3 is 9.42 Å². The van der Waals surface area contributed by atoms with Crippen LogP contribution in [-0.4, -0.2) is 33.0 Å². The van der Waals surface area contributed by atoms with Gasteiger partial charge in [-0.1, -0.05) is 24.2 Å². The zero-order valence-electron chi connectivity index (χ0n) is 13.8. The summed E-state index contributed by atoms with van der Waals surface area (Å²) in [4.78, 5) is 22.9. The van der Waals surface area contributed by atoms with Crippen LogP contribution >= 0.6 is 11.3 Å². The van der Waals surface area contributed by atoms with Crippen LogP contribution in [0, 0.1) is 6.92 Å². The molecule has 0 aliphatic heterocycles. The molecular weight excluding hydrogens is 324 g/mol. The molecule has 0 saturated carbocycles. The van der Waals surface area contributed by atoms with E-state index in [4.69, 9.17) is 4.52 Å². The Morgan fingerprint density at radius 2 is 2.17 bits per heavy atom. The van der Waals surface area contributed by atoms with Gasteiger partial charge in [-0.3, -0.25) is 4.79 Å². The van der Waals surface area contributed by atoms with E-state index in [0.717, 1.165) is 16.3 Å². The Kier molecular flexibility index (Phi) is 4.71. The van der Waals surface area contributed by atoms with E-state index in [-0.39, 0.29) is 12.5 Å². The van der Waals surface area contributed by atoms with Crippen molar-refractivity contribution in [2.45, 2.75) is 26.8 Å². The van der Waals surface area contributed by atoms with Gasteiger partial charge in [0.15, 0.2) is 5.82 Å². The molecule has 3 rings (SSSR count). The minimum Gasteiger partial charge on any atom is -0.337 e. The Hall–Kier alpha value is -2.54. The second-order valence-electron chi connectivity index (χ2n) is 5.49. The fourth-order valence-electron chi connectivity index (χ4n) is 2.26. The third-order valence-corrected chi connectivity index (χ3v) is 4.53. The smallest absolute Gasteiger partial charge is 0.254 e. The maximum absolute atomic E-state index is 12.6. The van der Waals surface area contributed by atoms with Crippen molar-refractivity contribution in [1.29, 1.82) is 0 Å². The quantitative estimate of drug-likeness (QED) is 0.711. The van der Waals surface area contributed by atoms with Gasteiger partial charge in [0.2, 0.25) is 5.89 Å². The van der Waals surface area contributed by atoms with Crippen LogP contribution in [0.1, 0.15) is 34.7 Å². The van der Waals surface area contributed by atoms with Crippen LogP contribution in [0.2, 0.25) is 0 Å². The lowest BCUT2D eigenvalue weighted by molar-refractivity contribution is 0.0769. The molecule has 1 aromatic carbocycles. The van der Waals surface area contributed by atoms with Gasteiger partial charge in [-0.25, -0.2) is 4.98 Å². The Labute approximate surface area is 144 Å². The topological polar surface area (TPSA) is 72.1 Å². The number of carbonyl (C=O) groups excluding carboxylic acids is 1. The van der Waals surface area contributed by atoms with Gasteiger partial charge in [0, 0.05) is 35.7 Å². The highest BCUT2D eigenvalue weighted by atomic mass is 32.1. The fraction of sp³-hybridized carbons (Fsp3) is 0.294. The highest BCUT2D eigenvalue weighted by molar-refractivity contribution is 7.13. The molecule has 0 unspecified atom stereocenters. The predicted molar refractivity (Wildman–Crippen MR) is 91.8 cm³/mol. The van der Waals surface area contributed by atoms with E-state index in [9.17, 15) is 4.79 Å². The molecule has 0 atom stereocenters. The Balaban J connectivity index is 1.76. The lowest BCUT2D eigenvalue weighted by Gasteiger charge is -2.15.